The van der Waals surface area contributed by atoms with Crippen molar-refractivity contribution in [3.63, 3.8) is 0 Å². The van der Waals surface area contributed by atoms with Gasteiger partial charge < -0.3 is 14.8 Å². The van der Waals surface area contributed by atoms with E-state index in [4.69, 9.17) is 4.84 Å². The lowest BCUT2D eigenvalue weighted by Crippen LogP contribution is -2.33. The van der Waals surface area contributed by atoms with Crippen molar-refractivity contribution in [1.82, 2.24) is 4.90 Å². The number of phenolic OH excluding ortho intramolecular Hbond substituents is 1. The molecule has 1 aliphatic rings. The van der Waals surface area contributed by atoms with Gasteiger partial charge in [-0.15, -0.1) is 0 Å². The fraction of sp³-hybridized carbons (Fsp3) is 0.259. The highest BCUT2D eigenvalue weighted by molar-refractivity contribution is 6.45. The molecule has 5 nitrogen and oxygen atoms in total. The van der Waals surface area contributed by atoms with Gasteiger partial charge in [0.15, 0.2) is 5.71 Å². The number of aryl methyl sites for hydroxylation is 1. The van der Waals surface area contributed by atoms with Gasteiger partial charge in [-0.25, -0.2) is 0 Å². The molecule has 32 heavy (non-hydrogen) atoms. The number of carbonyl (C=O) groups is 1. The van der Waals surface area contributed by atoms with Crippen molar-refractivity contribution in [2.75, 3.05) is 14.2 Å². The predicted octanol–water partition coefficient (Wildman–Crippen LogP) is 4.65. The Morgan fingerprint density at radius 2 is 1.81 bits per heavy atom. The van der Waals surface area contributed by atoms with E-state index in [2.05, 4.69) is 36.3 Å². The summed E-state index contributed by atoms with van der Waals surface area (Å²) in [6, 6.07) is 23.5. The molecule has 1 atom stereocenters. The van der Waals surface area contributed by atoms with Crippen LogP contribution < -0.4 is 0 Å². The molecule has 0 saturated heterocycles. The van der Waals surface area contributed by atoms with E-state index in [1.165, 1.54) is 18.2 Å². The summed E-state index contributed by atoms with van der Waals surface area (Å²) < 4.78 is 0. The zero-order valence-electron chi connectivity index (χ0n) is 18.7. The molecule has 3 aromatic rings. The third-order valence-electron chi connectivity index (χ3n) is 6.41. The second kappa shape index (κ2) is 8.87. The average Bonchev–Trinajstić information content (AvgIpc) is 3.17. The van der Waals surface area contributed by atoms with E-state index in [9.17, 15) is 9.90 Å². The number of oxime groups is 1. The molecule has 1 aliphatic carbocycles. The van der Waals surface area contributed by atoms with Gasteiger partial charge in [0.2, 0.25) is 0 Å². The maximum absolute atomic E-state index is 13.2. The summed E-state index contributed by atoms with van der Waals surface area (Å²) in [5, 5.41) is 14.5. The van der Waals surface area contributed by atoms with E-state index in [-0.39, 0.29) is 29.3 Å². The van der Waals surface area contributed by atoms with Gasteiger partial charge >= 0.3 is 0 Å². The van der Waals surface area contributed by atoms with Crippen LogP contribution in [0.15, 0.2) is 78.0 Å². The van der Waals surface area contributed by atoms with Gasteiger partial charge in [0.05, 0.1) is 0 Å². The lowest BCUT2D eigenvalue weighted by molar-refractivity contribution is -0.123. The van der Waals surface area contributed by atoms with Gasteiger partial charge in [0, 0.05) is 30.1 Å². The van der Waals surface area contributed by atoms with Crippen LogP contribution >= 0.6 is 0 Å². The van der Waals surface area contributed by atoms with Crippen LogP contribution in [0.25, 0.3) is 0 Å². The van der Waals surface area contributed by atoms with Crippen LogP contribution in [-0.2, 0) is 28.0 Å². The number of carbonyl (C=O) groups excluding carboxylic acids is 1. The number of amides is 1. The minimum atomic E-state index is -0.278. The van der Waals surface area contributed by atoms with Crippen LogP contribution in [-0.4, -0.2) is 35.8 Å². The van der Waals surface area contributed by atoms with E-state index in [0.29, 0.717) is 11.1 Å². The first-order valence-electron chi connectivity index (χ1n) is 10.8. The first-order valence-corrected chi connectivity index (χ1v) is 10.8. The Morgan fingerprint density at radius 1 is 1.09 bits per heavy atom. The largest absolute Gasteiger partial charge is 0.508 e. The molecular formula is C27H28N2O3. The summed E-state index contributed by atoms with van der Waals surface area (Å²) in [4.78, 5) is 19.6. The Kier molecular flexibility index (Phi) is 5.99. The van der Waals surface area contributed by atoms with Gasteiger partial charge in [-0.05, 0) is 41.7 Å². The molecule has 0 fully saturated rings. The number of fused-ring (bicyclic) bond motifs is 1. The molecule has 1 unspecified atom stereocenters. The van der Waals surface area contributed by atoms with Gasteiger partial charge in [-0.2, -0.15) is 0 Å². The molecule has 1 amide bonds. The Labute approximate surface area is 189 Å². The van der Waals surface area contributed by atoms with Crippen molar-refractivity contribution in [1.29, 1.82) is 0 Å². The molecule has 0 aliphatic heterocycles. The van der Waals surface area contributed by atoms with E-state index in [0.717, 1.165) is 18.4 Å². The number of nitrogens with zero attached hydrogens (tertiary/aromatic N) is 2. The van der Waals surface area contributed by atoms with Crippen molar-refractivity contribution in [2.24, 2.45) is 5.16 Å². The molecule has 4 rings (SSSR count). The first-order chi connectivity index (χ1) is 15.4. The third kappa shape index (κ3) is 3.98. The summed E-state index contributed by atoms with van der Waals surface area (Å²) in [6.45, 7) is 2.51. The zero-order valence-corrected chi connectivity index (χ0v) is 18.7. The number of hydrogen-bond acceptors (Lipinski definition) is 4. The van der Waals surface area contributed by atoms with Crippen molar-refractivity contribution in [3.05, 3.63) is 101 Å². The van der Waals surface area contributed by atoms with Crippen LogP contribution in [0.2, 0.25) is 0 Å². The summed E-state index contributed by atoms with van der Waals surface area (Å²) in [5.74, 6) is -0.103. The first kappa shape index (κ1) is 21.6. The minimum Gasteiger partial charge on any atom is -0.508 e. The van der Waals surface area contributed by atoms with Crippen LogP contribution in [0.5, 0.6) is 5.75 Å². The Hall–Kier alpha value is -3.60. The molecule has 0 saturated carbocycles. The summed E-state index contributed by atoms with van der Waals surface area (Å²) in [7, 11) is 3.13. The highest BCUT2D eigenvalue weighted by Crippen LogP contribution is 2.44. The van der Waals surface area contributed by atoms with E-state index < -0.39 is 0 Å². The van der Waals surface area contributed by atoms with Crippen molar-refractivity contribution < 1.29 is 14.7 Å². The number of benzene rings is 3. The maximum Gasteiger partial charge on any atom is 0.276 e. The Morgan fingerprint density at radius 3 is 2.56 bits per heavy atom. The molecule has 0 radical (unpaired) electrons. The monoisotopic (exact) mass is 428 g/mol. The van der Waals surface area contributed by atoms with Crippen molar-refractivity contribution >= 4 is 11.6 Å². The molecular weight excluding hydrogens is 400 g/mol. The van der Waals surface area contributed by atoms with Gasteiger partial charge in [0.1, 0.15) is 12.9 Å². The molecule has 0 heterocycles. The molecule has 5 heteroatoms. The van der Waals surface area contributed by atoms with Gasteiger partial charge in [-0.3, -0.25) is 4.79 Å². The maximum atomic E-state index is 13.2. The average molecular weight is 429 g/mol. The third-order valence-corrected chi connectivity index (χ3v) is 6.41. The number of rotatable bonds is 6. The second-order valence-corrected chi connectivity index (χ2v) is 8.48. The summed E-state index contributed by atoms with van der Waals surface area (Å²) in [5.41, 5.74) is 5.34. The van der Waals surface area contributed by atoms with E-state index >= 15 is 0 Å². The Balaban J connectivity index is 1.61. The fourth-order valence-electron chi connectivity index (χ4n) is 4.56. The molecule has 0 aromatic heterocycles. The summed E-state index contributed by atoms with van der Waals surface area (Å²) in [6.07, 6.45) is 2.05. The van der Waals surface area contributed by atoms with Crippen LogP contribution in [0.4, 0.5) is 0 Å². The predicted molar refractivity (Wildman–Crippen MR) is 126 cm³/mol. The highest BCUT2D eigenvalue weighted by atomic mass is 16.6. The lowest BCUT2D eigenvalue weighted by Gasteiger charge is -2.28. The van der Waals surface area contributed by atoms with Crippen LogP contribution in [0.1, 0.15) is 41.2 Å². The number of phenols is 1. The lowest BCUT2D eigenvalue weighted by atomic mass is 9.77. The van der Waals surface area contributed by atoms with Crippen molar-refractivity contribution in [3.8, 4) is 5.75 Å². The standard InChI is InChI=1S/C27H28N2O3/c1-27(16-15-19-9-7-8-12-23(19)27)22-13-14-24(30)21(17-22)18-29(2)26(31)25(28-32-3)20-10-5-4-6-11-20/h4-14,17,30H,15-16,18H2,1-3H3. The van der Waals surface area contributed by atoms with Gasteiger partial charge in [0.25, 0.3) is 5.91 Å². The summed E-state index contributed by atoms with van der Waals surface area (Å²) >= 11 is 0. The minimum absolute atomic E-state index is 0.117. The molecule has 1 N–H and O–H groups in total. The van der Waals surface area contributed by atoms with E-state index in [1.807, 2.05) is 42.5 Å². The molecule has 3 aromatic carbocycles. The normalized spacial score (nSPS) is 17.7. The van der Waals surface area contributed by atoms with Crippen LogP contribution in [0.3, 0.4) is 0 Å². The topological polar surface area (TPSA) is 62.1 Å². The molecule has 0 spiro atoms. The zero-order chi connectivity index (χ0) is 22.7. The number of aromatic hydroxyl groups is 1. The molecule has 0 bridgehead atoms. The Bertz CT molecular complexity index is 1160. The second-order valence-electron chi connectivity index (χ2n) is 8.48. The highest BCUT2D eigenvalue weighted by Gasteiger charge is 2.36. The van der Waals surface area contributed by atoms with E-state index in [1.54, 1.807) is 18.0 Å². The quantitative estimate of drug-likeness (QED) is 0.459. The van der Waals surface area contributed by atoms with Gasteiger partial charge in [-0.1, -0.05) is 72.7 Å². The fourth-order valence-corrected chi connectivity index (χ4v) is 4.56. The number of likely N-dealkylation sites (N-methyl/N-ethyl adjacent to an activating group) is 1. The van der Waals surface area contributed by atoms with Crippen LogP contribution in [0, 0.1) is 0 Å². The SMILES string of the molecule is CON=C(C(=O)N(C)Cc1cc(C2(C)CCc3ccccc32)ccc1O)c1ccccc1. The molecule has 164 valence electrons. The smallest absolute Gasteiger partial charge is 0.276 e. The number of hydrogen-bond donors (Lipinski definition) is 1. The van der Waals surface area contributed by atoms with Crippen molar-refractivity contribution in [2.45, 2.75) is 31.7 Å².